The fourth-order valence-corrected chi connectivity index (χ4v) is 9.43. The number of nitrogens with zero attached hydrogens (tertiary/aromatic N) is 1. The third kappa shape index (κ3) is 9.68. The molecule has 21 heteroatoms. The first-order valence-electron chi connectivity index (χ1n) is 16.5. The van der Waals surface area contributed by atoms with Crippen LogP contribution in [0.25, 0.3) is 38.4 Å². The summed E-state index contributed by atoms with van der Waals surface area (Å²) in [5.41, 5.74) is -0.412. The molecule has 0 saturated carbocycles. The number of H-pyrrole nitrogens is 1. The summed E-state index contributed by atoms with van der Waals surface area (Å²) in [4.78, 5) is 75.9. The lowest BCUT2D eigenvalue weighted by Crippen LogP contribution is -2.33. The van der Waals surface area contributed by atoms with Crippen molar-refractivity contribution >= 4 is 67.8 Å². The fraction of sp³-hybridized carbons (Fsp3) is 0.303. The van der Waals surface area contributed by atoms with Crippen molar-refractivity contribution in [2.75, 3.05) is 13.2 Å². The van der Waals surface area contributed by atoms with Crippen molar-refractivity contribution in [3.63, 3.8) is 0 Å². The number of unbranched alkanes of at least 4 members (excludes halogenated alkanes) is 1. The van der Waals surface area contributed by atoms with E-state index in [1.165, 1.54) is 50.0 Å². The summed E-state index contributed by atoms with van der Waals surface area (Å²) >= 11 is 0. The molecule has 2 heterocycles. The number of phosphoric acid groups is 3. The van der Waals surface area contributed by atoms with Gasteiger partial charge in [0.1, 0.15) is 12.3 Å². The number of carbonyl (C=O) groups excluding carboxylic acids is 1. The van der Waals surface area contributed by atoms with E-state index in [0.29, 0.717) is 12.8 Å². The number of hydrogen-bond donors (Lipinski definition) is 7. The molecular weight excluding hydrogens is 771 g/mol. The Kier molecular flexibility index (Phi) is 11.9. The quantitative estimate of drug-likeness (QED) is 0.0422. The predicted octanol–water partition coefficient (Wildman–Crippen LogP) is 3.97. The van der Waals surface area contributed by atoms with Crippen LogP contribution in [-0.4, -0.2) is 65.5 Å². The second-order valence-corrected chi connectivity index (χ2v) is 17.0. The number of hydrogen-bond acceptors (Lipinski definition) is 11. The first-order chi connectivity index (χ1) is 25.5. The van der Waals surface area contributed by atoms with Crippen LogP contribution in [0.5, 0.6) is 0 Å². The molecule has 4 aromatic carbocycles. The van der Waals surface area contributed by atoms with Gasteiger partial charge in [-0.1, -0.05) is 66.7 Å². The van der Waals surface area contributed by atoms with Gasteiger partial charge in [0.25, 0.3) is 5.56 Å². The Hall–Kier alpha value is -3.86. The Bertz CT molecular complexity index is 2460. The van der Waals surface area contributed by atoms with Gasteiger partial charge in [-0.3, -0.25) is 23.7 Å². The van der Waals surface area contributed by atoms with Gasteiger partial charge < -0.3 is 34.7 Å². The molecule has 7 N–H and O–H groups in total. The van der Waals surface area contributed by atoms with Crippen molar-refractivity contribution in [3.05, 3.63) is 98.8 Å². The van der Waals surface area contributed by atoms with Gasteiger partial charge >= 0.3 is 29.2 Å². The van der Waals surface area contributed by atoms with E-state index in [2.05, 4.69) is 78.0 Å². The van der Waals surface area contributed by atoms with Crippen molar-refractivity contribution in [3.8, 4) is 0 Å². The summed E-state index contributed by atoms with van der Waals surface area (Å²) in [6.45, 7) is -0.848. The van der Waals surface area contributed by atoms with Gasteiger partial charge in [0.2, 0.25) is 5.91 Å². The lowest BCUT2D eigenvalue weighted by Gasteiger charge is -2.19. The maximum absolute atomic E-state index is 12.6. The Morgan fingerprint density at radius 1 is 0.926 bits per heavy atom. The zero-order chi connectivity index (χ0) is 38.8. The van der Waals surface area contributed by atoms with Crippen LogP contribution in [0.3, 0.4) is 0 Å². The zero-order valence-corrected chi connectivity index (χ0v) is 30.9. The number of amides is 1. The van der Waals surface area contributed by atoms with Crippen molar-refractivity contribution in [2.45, 2.75) is 50.5 Å². The van der Waals surface area contributed by atoms with Crippen LogP contribution >= 0.6 is 23.5 Å². The van der Waals surface area contributed by atoms with Crippen molar-refractivity contribution in [1.29, 1.82) is 0 Å². The van der Waals surface area contributed by atoms with Gasteiger partial charge in [-0.15, -0.1) is 0 Å². The number of ether oxygens (including phenoxy) is 1. The number of aryl methyl sites for hydroxylation is 1. The van der Waals surface area contributed by atoms with Crippen LogP contribution in [0.2, 0.25) is 0 Å². The van der Waals surface area contributed by atoms with Crippen LogP contribution < -0.4 is 16.6 Å². The van der Waals surface area contributed by atoms with Gasteiger partial charge in [-0.25, -0.2) is 18.5 Å². The first-order valence-corrected chi connectivity index (χ1v) is 21.1. The molecule has 1 aliphatic rings. The summed E-state index contributed by atoms with van der Waals surface area (Å²) < 4.78 is 52.6. The number of phosphoric ester groups is 1. The number of aromatic amines is 1. The molecule has 1 saturated heterocycles. The van der Waals surface area contributed by atoms with Gasteiger partial charge in [0.05, 0.1) is 18.3 Å². The molecule has 0 radical (unpaired) electrons. The topological polar surface area (TPSA) is 273 Å². The average molecular weight is 808 g/mol. The molecule has 54 heavy (non-hydrogen) atoms. The predicted molar refractivity (Wildman–Crippen MR) is 195 cm³/mol. The monoisotopic (exact) mass is 807 g/mol. The highest BCUT2D eigenvalue weighted by atomic mass is 31.3. The molecule has 5 aromatic rings. The molecule has 0 aliphatic carbocycles. The SMILES string of the molecule is O=C(CCCCc1ccc2ccc3cccc4ccc1c2c34)NCC=Cc1cn([C@H]2C[C@H](O)[C@@H](COP(=O)(O)OP(=O)(O)OP(=O)(O)O)O2)c(=O)[nH]c1=O. The molecule has 0 spiro atoms. The van der Waals surface area contributed by atoms with Crippen LogP contribution in [0.4, 0.5) is 0 Å². The van der Waals surface area contributed by atoms with E-state index in [9.17, 15) is 43.0 Å². The largest absolute Gasteiger partial charge is 0.490 e. The molecule has 18 nitrogen and oxygen atoms in total. The van der Waals surface area contributed by atoms with Crippen LogP contribution in [0.15, 0.2) is 76.5 Å². The molecular formula is C33H36N3O15P3. The van der Waals surface area contributed by atoms with Crippen LogP contribution in [-0.2, 0) is 42.8 Å². The highest BCUT2D eigenvalue weighted by Crippen LogP contribution is 2.66. The molecule has 1 fully saturated rings. The van der Waals surface area contributed by atoms with Gasteiger partial charge in [-0.05, 0) is 57.1 Å². The second-order valence-electron chi connectivity index (χ2n) is 12.6. The Labute approximate surface area is 305 Å². The standard InChI is InChI=1S/C33H36N3O15P3/c37-26-17-29(49-27(26)19-48-53(44,45)51-54(46,47)50-52(41,42)43)36-18-24(32(39)35-33(36)40)8-4-16-34-28(38)9-2-1-5-20-10-11-23-13-12-21-6-3-7-22-14-15-25(20)31(23)30(21)22/h3-4,6-8,10-15,18,26-27,29,37H,1-2,5,9,16-17,19H2,(H,34,38)(H,44,45)(H,46,47)(H,35,39,40)(H2,41,42,43)/t26-,27+,29+/m0/s1. The molecule has 1 aliphatic heterocycles. The first kappa shape index (κ1) is 39.8. The zero-order valence-electron chi connectivity index (χ0n) is 28.2. The van der Waals surface area contributed by atoms with Crippen molar-refractivity contribution in [2.24, 2.45) is 0 Å². The van der Waals surface area contributed by atoms with Gasteiger partial charge in [0.15, 0.2) is 0 Å². The third-order valence-electron chi connectivity index (χ3n) is 8.76. The Morgan fingerprint density at radius 3 is 2.33 bits per heavy atom. The molecule has 1 amide bonds. The van der Waals surface area contributed by atoms with E-state index in [0.717, 1.165) is 23.6 Å². The Morgan fingerprint density at radius 2 is 1.61 bits per heavy atom. The minimum atomic E-state index is -5.75. The maximum Gasteiger partial charge on any atom is 0.490 e. The van der Waals surface area contributed by atoms with Crippen LogP contribution in [0.1, 0.15) is 43.0 Å². The maximum atomic E-state index is 12.6. The van der Waals surface area contributed by atoms with E-state index >= 15 is 0 Å². The van der Waals surface area contributed by atoms with E-state index in [1.54, 1.807) is 0 Å². The third-order valence-corrected chi connectivity index (χ3v) is 12.6. The second kappa shape index (κ2) is 16.1. The summed E-state index contributed by atoms with van der Waals surface area (Å²) in [7, 11) is -16.8. The molecule has 5 atom stereocenters. The van der Waals surface area contributed by atoms with Gasteiger partial charge in [-0.2, -0.15) is 8.62 Å². The van der Waals surface area contributed by atoms with E-state index in [4.69, 9.17) is 14.5 Å². The average Bonchev–Trinajstić information content (AvgIpc) is 3.46. The number of benzene rings is 4. The summed E-state index contributed by atoms with van der Waals surface area (Å²) in [6, 6.07) is 19.2. The summed E-state index contributed by atoms with van der Waals surface area (Å²) in [6.07, 6.45) is 2.37. The number of aliphatic hydroxyl groups is 1. The summed E-state index contributed by atoms with van der Waals surface area (Å²) in [5.74, 6) is -0.176. The number of nitrogens with one attached hydrogen (secondary N) is 2. The number of aliphatic hydroxyl groups excluding tert-OH is 1. The van der Waals surface area contributed by atoms with Gasteiger partial charge in [0, 0.05) is 25.6 Å². The van der Waals surface area contributed by atoms with E-state index in [-0.39, 0.29) is 24.4 Å². The highest BCUT2D eigenvalue weighted by Gasteiger charge is 2.43. The van der Waals surface area contributed by atoms with E-state index < -0.39 is 59.8 Å². The van der Waals surface area contributed by atoms with Crippen molar-refractivity contribution in [1.82, 2.24) is 14.9 Å². The number of rotatable bonds is 16. The molecule has 0 bridgehead atoms. The minimum Gasteiger partial charge on any atom is -0.390 e. The van der Waals surface area contributed by atoms with E-state index in [1.807, 2.05) is 0 Å². The van der Waals surface area contributed by atoms with Crippen LogP contribution in [0, 0.1) is 0 Å². The lowest BCUT2D eigenvalue weighted by atomic mass is 9.90. The lowest BCUT2D eigenvalue weighted by molar-refractivity contribution is -0.121. The number of aromatic nitrogens is 2. The smallest absolute Gasteiger partial charge is 0.390 e. The number of carbonyl (C=O) groups is 1. The molecule has 1 aromatic heterocycles. The fourth-order valence-electron chi connectivity index (χ4n) is 6.40. The molecule has 2 unspecified atom stereocenters. The molecule has 6 rings (SSSR count). The highest BCUT2D eigenvalue weighted by molar-refractivity contribution is 7.66. The van der Waals surface area contributed by atoms with Crippen molar-refractivity contribution < 1.29 is 61.1 Å². The normalized spacial score (nSPS) is 20.2. The minimum absolute atomic E-state index is 0.00643. The molecule has 288 valence electrons. The Balaban J connectivity index is 0.979. The summed E-state index contributed by atoms with van der Waals surface area (Å²) in [5, 5.41) is 20.5.